The number of anilines is 1. The van der Waals surface area contributed by atoms with E-state index in [0.717, 1.165) is 11.1 Å². The molecule has 3 aliphatic rings. The van der Waals surface area contributed by atoms with Crippen molar-refractivity contribution in [1.29, 1.82) is 0 Å². The molecule has 0 aromatic heterocycles. The highest BCUT2D eigenvalue weighted by Crippen LogP contribution is 2.38. The molecule has 5 rings (SSSR count). The molecule has 5 nitrogen and oxygen atoms in total. The van der Waals surface area contributed by atoms with Gasteiger partial charge in [-0.3, -0.25) is 14.5 Å². The summed E-state index contributed by atoms with van der Waals surface area (Å²) in [6.07, 6.45) is 3.67. The lowest BCUT2D eigenvalue weighted by atomic mass is 9.77. The predicted octanol–water partition coefficient (Wildman–Crippen LogP) is 7.65. The minimum absolute atomic E-state index is 0.00596. The highest BCUT2D eigenvalue weighted by Gasteiger charge is 2.46. The molecule has 9 heteroatoms. The third-order valence-electron chi connectivity index (χ3n) is 9.32. The van der Waals surface area contributed by atoms with Gasteiger partial charge in [-0.25, -0.2) is 4.39 Å². The standard InChI is InChI=1S/C35H41F4N3O2/c1-22(2)26-9-5-10-27(20-26)40-33(43)28-11-6-19-42(34(44)31-23(3)8-4-12-29(31)36)32(28)25-16-14-24(15-17-25)21-41-18-7-13-30(41)35(37,38)39/h4-5,8-10,12,14-16,20,22,25,28,30,32H,6-7,11,13,17-19,21H2,1-3H3,(H,40,43)/t25?,28?,30?,32-/m0/s1. The Hall–Kier alpha value is -3.46. The molecule has 2 aliphatic heterocycles. The zero-order valence-corrected chi connectivity index (χ0v) is 25.5. The van der Waals surface area contributed by atoms with Crippen LogP contribution < -0.4 is 5.32 Å². The van der Waals surface area contributed by atoms with Crippen molar-refractivity contribution in [2.75, 3.05) is 25.0 Å². The van der Waals surface area contributed by atoms with Gasteiger partial charge >= 0.3 is 6.18 Å². The van der Waals surface area contributed by atoms with Crippen molar-refractivity contribution in [3.8, 4) is 0 Å². The number of carbonyl (C=O) groups is 2. The number of aryl methyl sites for hydroxylation is 1. The molecule has 2 amide bonds. The van der Waals surface area contributed by atoms with Crippen LogP contribution in [0.1, 0.15) is 73.4 Å². The van der Waals surface area contributed by atoms with Crippen molar-refractivity contribution in [2.45, 2.75) is 77.1 Å². The number of halogens is 4. The highest BCUT2D eigenvalue weighted by molar-refractivity contribution is 5.98. The van der Waals surface area contributed by atoms with Crippen molar-refractivity contribution >= 4 is 17.5 Å². The number of hydrogen-bond acceptors (Lipinski definition) is 3. The second-order valence-corrected chi connectivity index (χ2v) is 12.6. The zero-order chi connectivity index (χ0) is 31.6. The number of alkyl halides is 3. The van der Waals surface area contributed by atoms with E-state index in [-0.39, 0.29) is 36.3 Å². The summed E-state index contributed by atoms with van der Waals surface area (Å²) in [5, 5.41) is 3.07. The Labute approximate surface area is 257 Å². The van der Waals surface area contributed by atoms with Crippen LogP contribution in [-0.4, -0.2) is 59.5 Å². The van der Waals surface area contributed by atoms with Gasteiger partial charge in [0.25, 0.3) is 5.91 Å². The maximum Gasteiger partial charge on any atom is 0.404 e. The van der Waals surface area contributed by atoms with Gasteiger partial charge in [-0.05, 0) is 86.4 Å². The van der Waals surface area contributed by atoms with E-state index in [4.69, 9.17) is 0 Å². The number of benzene rings is 2. The Kier molecular flexibility index (Phi) is 9.63. The van der Waals surface area contributed by atoms with Gasteiger partial charge < -0.3 is 10.2 Å². The number of carbonyl (C=O) groups excluding carboxylic acids is 2. The average molecular weight is 612 g/mol. The Morgan fingerprint density at radius 2 is 1.80 bits per heavy atom. The number of allylic oxidation sites excluding steroid dienone is 1. The lowest BCUT2D eigenvalue weighted by Crippen LogP contribution is -2.55. The predicted molar refractivity (Wildman–Crippen MR) is 164 cm³/mol. The van der Waals surface area contributed by atoms with Crippen LogP contribution in [0.2, 0.25) is 0 Å². The molecule has 2 heterocycles. The molecule has 44 heavy (non-hydrogen) atoms. The van der Waals surface area contributed by atoms with Gasteiger partial charge in [-0.2, -0.15) is 13.2 Å². The topological polar surface area (TPSA) is 52.7 Å². The van der Waals surface area contributed by atoms with Crippen molar-refractivity contribution in [2.24, 2.45) is 11.8 Å². The summed E-state index contributed by atoms with van der Waals surface area (Å²) in [6.45, 7) is 6.83. The Morgan fingerprint density at radius 3 is 2.48 bits per heavy atom. The normalized spacial score (nSPS) is 24.5. The fourth-order valence-electron chi connectivity index (χ4n) is 7.00. The molecule has 2 fully saturated rings. The molecular formula is C35H41F4N3O2. The first kappa shape index (κ1) is 31.9. The van der Waals surface area contributed by atoms with Crippen LogP contribution in [0.4, 0.5) is 23.2 Å². The van der Waals surface area contributed by atoms with Crippen LogP contribution in [0.5, 0.6) is 0 Å². The Morgan fingerprint density at radius 1 is 1.05 bits per heavy atom. The minimum Gasteiger partial charge on any atom is -0.334 e. The van der Waals surface area contributed by atoms with Crippen molar-refractivity contribution in [3.05, 3.63) is 88.8 Å². The third kappa shape index (κ3) is 6.93. The van der Waals surface area contributed by atoms with Crippen LogP contribution in [0, 0.1) is 24.6 Å². The fourth-order valence-corrected chi connectivity index (χ4v) is 7.00. The van der Waals surface area contributed by atoms with Gasteiger partial charge in [0.05, 0.1) is 17.5 Å². The van der Waals surface area contributed by atoms with Crippen LogP contribution in [0.3, 0.4) is 0 Å². The highest BCUT2D eigenvalue weighted by atomic mass is 19.4. The molecule has 4 atom stereocenters. The smallest absolute Gasteiger partial charge is 0.334 e. The quantitative estimate of drug-likeness (QED) is 0.328. The van der Waals surface area contributed by atoms with Gasteiger partial charge in [0, 0.05) is 24.7 Å². The van der Waals surface area contributed by atoms with Gasteiger partial charge in [0.1, 0.15) is 11.9 Å². The van der Waals surface area contributed by atoms with Gasteiger partial charge in [-0.15, -0.1) is 0 Å². The number of likely N-dealkylation sites (tertiary alicyclic amines) is 2. The molecule has 1 N–H and O–H groups in total. The summed E-state index contributed by atoms with van der Waals surface area (Å²) in [5.41, 5.74) is 3.10. The van der Waals surface area contributed by atoms with Crippen molar-refractivity contribution in [3.63, 3.8) is 0 Å². The van der Waals surface area contributed by atoms with Crippen molar-refractivity contribution < 1.29 is 27.2 Å². The lowest BCUT2D eigenvalue weighted by molar-refractivity contribution is -0.174. The SMILES string of the molecule is Cc1cccc(F)c1C(=O)N1CCCC(C(=O)Nc2cccc(C(C)C)c2)[C@@H]1C1C=CC(CN2CCCC2C(F)(F)F)=CC1. The fraction of sp³-hybridized carbons (Fsp3) is 0.486. The largest absolute Gasteiger partial charge is 0.404 e. The monoisotopic (exact) mass is 611 g/mol. The average Bonchev–Trinajstić information content (AvgIpc) is 3.46. The molecule has 2 aromatic carbocycles. The lowest BCUT2D eigenvalue weighted by Gasteiger charge is -2.44. The summed E-state index contributed by atoms with van der Waals surface area (Å²) < 4.78 is 55.6. The molecule has 0 spiro atoms. The molecule has 2 saturated heterocycles. The van der Waals surface area contributed by atoms with E-state index in [1.807, 2.05) is 42.5 Å². The molecule has 0 saturated carbocycles. The summed E-state index contributed by atoms with van der Waals surface area (Å²) in [7, 11) is 0. The first-order valence-corrected chi connectivity index (χ1v) is 15.6. The maximum absolute atomic E-state index is 15.0. The Balaban J connectivity index is 1.41. The van der Waals surface area contributed by atoms with Gasteiger partial charge in [-0.1, -0.05) is 56.3 Å². The first-order chi connectivity index (χ1) is 20.9. The third-order valence-corrected chi connectivity index (χ3v) is 9.32. The number of amides is 2. The minimum atomic E-state index is -4.26. The molecule has 0 bridgehead atoms. The van der Waals surface area contributed by atoms with E-state index in [1.54, 1.807) is 24.0 Å². The molecule has 236 valence electrons. The Bertz CT molecular complexity index is 1410. The number of nitrogens with one attached hydrogen (secondary N) is 1. The van der Waals surface area contributed by atoms with E-state index >= 15 is 0 Å². The van der Waals surface area contributed by atoms with E-state index in [2.05, 4.69) is 19.2 Å². The van der Waals surface area contributed by atoms with Crippen LogP contribution in [-0.2, 0) is 4.79 Å². The molecule has 0 radical (unpaired) electrons. The van der Waals surface area contributed by atoms with Crippen molar-refractivity contribution in [1.82, 2.24) is 9.80 Å². The van der Waals surface area contributed by atoms with E-state index in [0.29, 0.717) is 50.0 Å². The maximum atomic E-state index is 15.0. The molecule has 1 aliphatic carbocycles. The summed E-state index contributed by atoms with van der Waals surface area (Å²) >= 11 is 0. The van der Waals surface area contributed by atoms with Crippen LogP contribution in [0.25, 0.3) is 0 Å². The van der Waals surface area contributed by atoms with Gasteiger partial charge in [0.15, 0.2) is 0 Å². The first-order valence-electron chi connectivity index (χ1n) is 15.6. The van der Waals surface area contributed by atoms with Crippen LogP contribution in [0.15, 0.2) is 66.3 Å². The second-order valence-electron chi connectivity index (χ2n) is 12.6. The number of rotatable bonds is 7. The zero-order valence-electron chi connectivity index (χ0n) is 25.5. The summed E-state index contributed by atoms with van der Waals surface area (Å²) in [5.74, 6) is -1.78. The molecular weight excluding hydrogens is 570 g/mol. The molecule has 2 aromatic rings. The summed E-state index contributed by atoms with van der Waals surface area (Å²) in [4.78, 5) is 31.0. The number of piperidine rings is 1. The second kappa shape index (κ2) is 13.3. The van der Waals surface area contributed by atoms with E-state index in [1.165, 1.54) is 11.0 Å². The van der Waals surface area contributed by atoms with Gasteiger partial charge in [0.2, 0.25) is 5.91 Å². The van der Waals surface area contributed by atoms with E-state index < -0.39 is 35.9 Å². The number of nitrogens with zero attached hydrogens (tertiary/aromatic N) is 2. The number of hydrogen-bond donors (Lipinski definition) is 1. The van der Waals surface area contributed by atoms with Crippen LogP contribution >= 0.6 is 0 Å². The summed E-state index contributed by atoms with van der Waals surface area (Å²) in [6, 6.07) is 10.3. The van der Waals surface area contributed by atoms with E-state index in [9.17, 15) is 27.2 Å². The molecule has 3 unspecified atom stereocenters.